The maximum Gasteiger partial charge on any atom is 0.161 e. The SMILES string of the molecule is CCc1cc(COc2ccc(CO)cc2OC)n(CC)n1. The summed E-state index contributed by atoms with van der Waals surface area (Å²) in [5.41, 5.74) is 2.91. The summed E-state index contributed by atoms with van der Waals surface area (Å²) in [4.78, 5) is 0. The Bertz CT molecular complexity index is 593. The molecule has 1 heterocycles. The summed E-state index contributed by atoms with van der Waals surface area (Å²) in [6, 6.07) is 7.49. The topological polar surface area (TPSA) is 56.5 Å². The smallest absolute Gasteiger partial charge is 0.161 e. The highest BCUT2D eigenvalue weighted by atomic mass is 16.5. The molecule has 2 rings (SSSR count). The van der Waals surface area contributed by atoms with Crippen molar-refractivity contribution in [1.29, 1.82) is 0 Å². The Hall–Kier alpha value is -2.01. The quantitative estimate of drug-likeness (QED) is 0.851. The van der Waals surface area contributed by atoms with Crippen molar-refractivity contribution in [3.05, 3.63) is 41.2 Å². The van der Waals surface area contributed by atoms with Crippen LogP contribution < -0.4 is 9.47 Å². The molecule has 0 aliphatic heterocycles. The van der Waals surface area contributed by atoms with Gasteiger partial charge in [-0.2, -0.15) is 5.10 Å². The van der Waals surface area contributed by atoms with E-state index in [4.69, 9.17) is 14.6 Å². The van der Waals surface area contributed by atoms with Gasteiger partial charge in [0.05, 0.1) is 25.1 Å². The van der Waals surface area contributed by atoms with E-state index in [2.05, 4.69) is 25.0 Å². The molecule has 1 N–H and O–H groups in total. The number of nitrogens with zero attached hydrogens (tertiary/aromatic N) is 2. The molecule has 5 nitrogen and oxygen atoms in total. The molecule has 1 aromatic heterocycles. The molecule has 0 aliphatic carbocycles. The lowest BCUT2D eigenvalue weighted by molar-refractivity contribution is 0.268. The van der Waals surface area contributed by atoms with E-state index in [1.807, 2.05) is 16.8 Å². The van der Waals surface area contributed by atoms with Crippen molar-refractivity contribution in [2.45, 2.75) is 40.0 Å². The van der Waals surface area contributed by atoms with Gasteiger partial charge in [-0.25, -0.2) is 0 Å². The largest absolute Gasteiger partial charge is 0.493 e. The van der Waals surface area contributed by atoms with E-state index in [0.29, 0.717) is 18.1 Å². The number of aromatic nitrogens is 2. The number of aryl methyl sites for hydroxylation is 2. The molecule has 0 saturated heterocycles. The highest BCUT2D eigenvalue weighted by Gasteiger charge is 2.09. The molecule has 114 valence electrons. The van der Waals surface area contributed by atoms with E-state index in [0.717, 1.165) is 29.9 Å². The zero-order valence-electron chi connectivity index (χ0n) is 12.8. The van der Waals surface area contributed by atoms with Gasteiger partial charge in [0.2, 0.25) is 0 Å². The van der Waals surface area contributed by atoms with Gasteiger partial charge < -0.3 is 14.6 Å². The standard InChI is InChI=1S/C16H22N2O3/c1-4-13-9-14(18(5-2)17-13)11-21-15-7-6-12(10-19)8-16(15)20-3/h6-9,19H,4-5,10-11H2,1-3H3. The van der Waals surface area contributed by atoms with Gasteiger partial charge in [0, 0.05) is 6.54 Å². The number of ether oxygens (including phenoxy) is 2. The number of aliphatic hydroxyl groups excluding tert-OH is 1. The Morgan fingerprint density at radius 1 is 1.19 bits per heavy atom. The minimum Gasteiger partial charge on any atom is -0.493 e. The van der Waals surface area contributed by atoms with Crippen LogP contribution in [0.3, 0.4) is 0 Å². The third-order valence-corrected chi connectivity index (χ3v) is 3.36. The van der Waals surface area contributed by atoms with Crippen LogP contribution in [0, 0.1) is 0 Å². The average molecular weight is 290 g/mol. The number of rotatable bonds is 7. The predicted molar refractivity (Wildman–Crippen MR) is 80.5 cm³/mol. The summed E-state index contributed by atoms with van der Waals surface area (Å²) >= 11 is 0. The van der Waals surface area contributed by atoms with Crippen molar-refractivity contribution < 1.29 is 14.6 Å². The van der Waals surface area contributed by atoms with E-state index >= 15 is 0 Å². The van der Waals surface area contributed by atoms with Gasteiger partial charge in [0.25, 0.3) is 0 Å². The number of methoxy groups -OCH3 is 1. The lowest BCUT2D eigenvalue weighted by Gasteiger charge is -2.12. The fourth-order valence-electron chi connectivity index (χ4n) is 2.16. The van der Waals surface area contributed by atoms with Crippen molar-refractivity contribution in [1.82, 2.24) is 9.78 Å². The van der Waals surface area contributed by atoms with Crippen molar-refractivity contribution in [2.24, 2.45) is 0 Å². The van der Waals surface area contributed by atoms with Crippen LogP contribution in [0.1, 0.15) is 30.8 Å². The zero-order chi connectivity index (χ0) is 15.2. The second kappa shape index (κ2) is 7.13. The number of aliphatic hydroxyl groups is 1. The fourth-order valence-corrected chi connectivity index (χ4v) is 2.16. The molecule has 0 unspecified atom stereocenters. The van der Waals surface area contributed by atoms with Gasteiger partial charge >= 0.3 is 0 Å². The van der Waals surface area contributed by atoms with Gasteiger partial charge in [0.15, 0.2) is 11.5 Å². The summed E-state index contributed by atoms with van der Waals surface area (Å²) in [5, 5.41) is 13.6. The van der Waals surface area contributed by atoms with Gasteiger partial charge in [-0.05, 0) is 37.1 Å². The Kier molecular flexibility index (Phi) is 5.22. The monoisotopic (exact) mass is 290 g/mol. The average Bonchev–Trinajstić information content (AvgIpc) is 2.95. The van der Waals surface area contributed by atoms with Crippen LogP contribution in [0.2, 0.25) is 0 Å². The first-order valence-electron chi connectivity index (χ1n) is 7.18. The number of benzene rings is 1. The highest BCUT2D eigenvalue weighted by molar-refractivity contribution is 5.42. The molecule has 2 aromatic rings. The first-order chi connectivity index (χ1) is 10.2. The zero-order valence-corrected chi connectivity index (χ0v) is 12.8. The van der Waals surface area contributed by atoms with Crippen LogP contribution in [0.4, 0.5) is 0 Å². The third kappa shape index (κ3) is 3.55. The second-order valence-corrected chi connectivity index (χ2v) is 4.73. The van der Waals surface area contributed by atoms with Crippen LogP contribution in [-0.2, 0) is 26.2 Å². The second-order valence-electron chi connectivity index (χ2n) is 4.73. The Morgan fingerprint density at radius 2 is 2.00 bits per heavy atom. The van der Waals surface area contributed by atoms with Crippen LogP contribution in [0.5, 0.6) is 11.5 Å². The molecule has 0 spiro atoms. The first-order valence-corrected chi connectivity index (χ1v) is 7.18. The van der Waals surface area contributed by atoms with Gasteiger partial charge in [0.1, 0.15) is 6.61 Å². The Morgan fingerprint density at radius 3 is 2.62 bits per heavy atom. The van der Waals surface area contributed by atoms with Crippen molar-refractivity contribution >= 4 is 0 Å². The fraction of sp³-hybridized carbons (Fsp3) is 0.438. The maximum atomic E-state index is 9.15. The minimum absolute atomic E-state index is 0.0148. The van der Waals surface area contributed by atoms with E-state index in [-0.39, 0.29) is 6.61 Å². The van der Waals surface area contributed by atoms with Crippen molar-refractivity contribution in [3.63, 3.8) is 0 Å². The molecule has 0 amide bonds. The Labute approximate surface area is 125 Å². The van der Waals surface area contributed by atoms with Crippen LogP contribution in [0.15, 0.2) is 24.3 Å². The third-order valence-electron chi connectivity index (χ3n) is 3.36. The molecule has 0 atom stereocenters. The summed E-state index contributed by atoms with van der Waals surface area (Å²) in [7, 11) is 1.59. The van der Waals surface area contributed by atoms with E-state index in [1.165, 1.54) is 0 Å². The molecule has 0 bridgehead atoms. The van der Waals surface area contributed by atoms with Crippen molar-refractivity contribution in [2.75, 3.05) is 7.11 Å². The van der Waals surface area contributed by atoms with Crippen molar-refractivity contribution in [3.8, 4) is 11.5 Å². The Balaban J connectivity index is 2.14. The molecule has 5 heteroatoms. The van der Waals surface area contributed by atoms with Gasteiger partial charge in [-0.15, -0.1) is 0 Å². The molecule has 21 heavy (non-hydrogen) atoms. The van der Waals surface area contributed by atoms with Gasteiger partial charge in [-0.3, -0.25) is 4.68 Å². The summed E-state index contributed by atoms with van der Waals surface area (Å²) < 4.78 is 13.1. The normalized spacial score (nSPS) is 10.7. The molecule has 0 saturated carbocycles. The molecular formula is C16H22N2O3. The summed E-state index contributed by atoms with van der Waals surface area (Å²) in [6.45, 7) is 5.39. The van der Waals surface area contributed by atoms with E-state index < -0.39 is 0 Å². The first kappa shape index (κ1) is 15.4. The van der Waals surface area contributed by atoms with E-state index in [9.17, 15) is 0 Å². The highest BCUT2D eigenvalue weighted by Crippen LogP contribution is 2.28. The molecule has 0 aliphatic rings. The predicted octanol–water partition coefficient (Wildman–Crippen LogP) is 2.55. The van der Waals surface area contributed by atoms with Gasteiger partial charge in [-0.1, -0.05) is 13.0 Å². The summed E-state index contributed by atoms with van der Waals surface area (Å²) in [5.74, 6) is 1.29. The molecule has 1 aromatic carbocycles. The number of hydrogen-bond acceptors (Lipinski definition) is 4. The maximum absolute atomic E-state index is 9.15. The molecule has 0 fully saturated rings. The lowest BCUT2D eigenvalue weighted by Crippen LogP contribution is -2.06. The lowest BCUT2D eigenvalue weighted by atomic mass is 10.2. The van der Waals surface area contributed by atoms with Crippen LogP contribution >= 0.6 is 0 Å². The minimum atomic E-state index is -0.0148. The molecular weight excluding hydrogens is 268 g/mol. The number of hydrogen-bond donors (Lipinski definition) is 1. The molecule has 0 radical (unpaired) electrons. The van der Waals surface area contributed by atoms with Crippen LogP contribution in [0.25, 0.3) is 0 Å². The summed E-state index contributed by atoms with van der Waals surface area (Å²) in [6.07, 6.45) is 0.911. The van der Waals surface area contributed by atoms with Crippen LogP contribution in [-0.4, -0.2) is 22.0 Å². The van der Waals surface area contributed by atoms with E-state index in [1.54, 1.807) is 13.2 Å².